The highest BCUT2D eigenvalue weighted by Gasteiger charge is 2.30. The van der Waals surface area contributed by atoms with Gasteiger partial charge in [-0.05, 0) is 43.7 Å². The highest BCUT2D eigenvalue weighted by molar-refractivity contribution is 5.93. The predicted molar refractivity (Wildman–Crippen MR) is 92.4 cm³/mol. The third-order valence-electron chi connectivity index (χ3n) is 5.04. The lowest BCUT2D eigenvalue weighted by atomic mass is 9.81. The number of pyridine rings is 1. The number of aromatic nitrogens is 3. The first-order chi connectivity index (χ1) is 10.8. The molecule has 5 heteroatoms. The van der Waals surface area contributed by atoms with E-state index in [1.54, 1.807) is 0 Å². The van der Waals surface area contributed by atoms with Gasteiger partial charge in [0.05, 0.1) is 0 Å². The van der Waals surface area contributed by atoms with E-state index in [1.165, 1.54) is 6.42 Å². The first kappa shape index (κ1) is 16.0. The Morgan fingerprint density at radius 3 is 2.57 bits per heavy atom. The number of anilines is 1. The number of rotatable bonds is 3. The molecule has 0 aromatic carbocycles. The summed E-state index contributed by atoms with van der Waals surface area (Å²) in [5, 5.41) is 3.05. The molecule has 0 bridgehead atoms. The summed E-state index contributed by atoms with van der Waals surface area (Å²) in [6, 6.07) is 4.34. The molecule has 0 unspecified atom stereocenters. The quantitative estimate of drug-likeness (QED) is 0.928. The van der Waals surface area contributed by atoms with E-state index in [9.17, 15) is 4.79 Å². The van der Waals surface area contributed by atoms with Crippen LogP contribution < -0.4 is 5.32 Å². The van der Waals surface area contributed by atoms with Crippen LogP contribution in [0.3, 0.4) is 0 Å². The molecular weight excluding hydrogens is 288 g/mol. The minimum atomic E-state index is -0.0909. The number of carbonyl (C=O) groups excluding carboxylic acids is 1. The van der Waals surface area contributed by atoms with Gasteiger partial charge >= 0.3 is 0 Å². The molecule has 1 amide bonds. The molecule has 1 N–H and O–H groups in total. The smallest absolute Gasteiger partial charge is 0.230 e. The summed E-state index contributed by atoms with van der Waals surface area (Å²) in [7, 11) is 0. The second-order valence-electron chi connectivity index (χ2n) is 7.76. The van der Waals surface area contributed by atoms with Crippen LogP contribution in [0.4, 0.5) is 5.95 Å². The van der Waals surface area contributed by atoms with E-state index in [4.69, 9.17) is 0 Å². The summed E-state index contributed by atoms with van der Waals surface area (Å²) >= 11 is 0. The Bertz CT molecular complexity index is 737. The molecule has 5 nitrogen and oxygen atoms in total. The lowest BCUT2D eigenvalue weighted by Crippen LogP contribution is -2.32. The van der Waals surface area contributed by atoms with Crippen molar-refractivity contribution in [1.82, 2.24) is 14.5 Å². The van der Waals surface area contributed by atoms with Crippen LogP contribution in [0.2, 0.25) is 0 Å². The van der Waals surface area contributed by atoms with Gasteiger partial charge in [-0.3, -0.25) is 14.7 Å². The predicted octanol–water partition coefficient (Wildman–Crippen LogP) is 4.09. The summed E-state index contributed by atoms with van der Waals surface area (Å²) in [5.74, 6) is 0.570. The molecule has 2 aromatic heterocycles. The Morgan fingerprint density at radius 1 is 1.30 bits per heavy atom. The largest absolute Gasteiger partial charge is 0.296 e. The van der Waals surface area contributed by atoms with E-state index in [1.807, 2.05) is 26.0 Å². The zero-order valence-electron chi connectivity index (χ0n) is 14.7. The molecule has 1 aliphatic rings. The molecule has 3 rings (SSSR count). The van der Waals surface area contributed by atoms with Crippen LogP contribution in [-0.4, -0.2) is 20.4 Å². The van der Waals surface area contributed by atoms with Crippen LogP contribution >= 0.6 is 0 Å². The molecule has 0 aliphatic heterocycles. The second kappa shape index (κ2) is 5.62. The van der Waals surface area contributed by atoms with Gasteiger partial charge < -0.3 is 0 Å². The van der Waals surface area contributed by atoms with E-state index in [0.29, 0.717) is 12.0 Å². The van der Waals surface area contributed by atoms with Crippen molar-refractivity contribution in [1.29, 1.82) is 0 Å². The molecule has 124 valence electrons. The minimum Gasteiger partial charge on any atom is -0.296 e. The van der Waals surface area contributed by atoms with Crippen molar-refractivity contribution in [3.05, 3.63) is 17.8 Å². The van der Waals surface area contributed by atoms with Crippen molar-refractivity contribution in [3.8, 4) is 0 Å². The van der Waals surface area contributed by atoms with Gasteiger partial charge in [0.1, 0.15) is 5.52 Å². The SMILES string of the molecule is Cc1ccc2nc(NC(=O)[C@H](C)C(C)(C)C)n(C3CCC3)c2n1. The van der Waals surface area contributed by atoms with Crippen molar-refractivity contribution < 1.29 is 4.79 Å². The monoisotopic (exact) mass is 314 g/mol. The number of amides is 1. The van der Waals surface area contributed by atoms with Crippen molar-refractivity contribution >= 4 is 23.0 Å². The topological polar surface area (TPSA) is 59.8 Å². The van der Waals surface area contributed by atoms with Crippen LogP contribution in [0.5, 0.6) is 0 Å². The summed E-state index contributed by atoms with van der Waals surface area (Å²) < 4.78 is 2.12. The summed E-state index contributed by atoms with van der Waals surface area (Å²) in [5.41, 5.74) is 2.63. The third-order valence-corrected chi connectivity index (χ3v) is 5.04. The summed E-state index contributed by atoms with van der Waals surface area (Å²) in [4.78, 5) is 21.9. The lowest BCUT2D eigenvalue weighted by molar-refractivity contribution is -0.122. The van der Waals surface area contributed by atoms with Crippen LogP contribution in [0.25, 0.3) is 11.2 Å². The fraction of sp³-hybridized carbons (Fsp3) is 0.611. The molecule has 1 saturated carbocycles. The van der Waals surface area contributed by atoms with Gasteiger partial charge in [-0.15, -0.1) is 0 Å². The van der Waals surface area contributed by atoms with Crippen LogP contribution in [0, 0.1) is 18.3 Å². The number of carbonyl (C=O) groups is 1. The normalized spacial score (nSPS) is 17.1. The van der Waals surface area contributed by atoms with Crippen LogP contribution in [0.1, 0.15) is 58.7 Å². The summed E-state index contributed by atoms with van der Waals surface area (Å²) in [6.07, 6.45) is 3.47. The minimum absolute atomic E-state index is 0.0186. The maximum Gasteiger partial charge on any atom is 0.230 e. The first-order valence-corrected chi connectivity index (χ1v) is 8.44. The van der Waals surface area contributed by atoms with Crippen molar-refractivity contribution in [2.45, 2.75) is 59.9 Å². The van der Waals surface area contributed by atoms with E-state index < -0.39 is 0 Å². The average Bonchev–Trinajstić information content (AvgIpc) is 2.73. The molecule has 1 atom stereocenters. The Hall–Kier alpha value is -1.91. The van der Waals surface area contributed by atoms with Gasteiger partial charge in [-0.2, -0.15) is 0 Å². The number of aryl methyl sites for hydroxylation is 1. The number of nitrogens with zero attached hydrogens (tertiary/aromatic N) is 3. The van der Waals surface area contributed by atoms with Gasteiger partial charge in [-0.1, -0.05) is 27.7 Å². The number of fused-ring (bicyclic) bond motifs is 1. The Kier molecular flexibility index (Phi) is 3.90. The number of hydrogen-bond donors (Lipinski definition) is 1. The van der Waals surface area contributed by atoms with Crippen molar-refractivity contribution in [2.75, 3.05) is 5.32 Å². The van der Waals surface area contributed by atoms with Gasteiger partial charge in [0.15, 0.2) is 5.65 Å². The van der Waals surface area contributed by atoms with E-state index in [-0.39, 0.29) is 17.2 Å². The molecule has 2 heterocycles. The van der Waals surface area contributed by atoms with Crippen LogP contribution in [-0.2, 0) is 4.79 Å². The highest BCUT2D eigenvalue weighted by Crippen LogP contribution is 2.37. The summed E-state index contributed by atoms with van der Waals surface area (Å²) in [6.45, 7) is 10.2. The Labute approximate surface area is 137 Å². The second-order valence-corrected chi connectivity index (χ2v) is 7.76. The van der Waals surface area contributed by atoms with Gasteiger partial charge in [-0.25, -0.2) is 9.97 Å². The molecule has 1 aliphatic carbocycles. The molecule has 0 saturated heterocycles. The third kappa shape index (κ3) is 2.96. The fourth-order valence-electron chi connectivity index (χ4n) is 2.76. The Balaban J connectivity index is 1.98. The van der Waals surface area contributed by atoms with Gasteiger partial charge in [0, 0.05) is 17.7 Å². The van der Waals surface area contributed by atoms with E-state index in [0.717, 1.165) is 29.7 Å². The zero-order chi connectivity index (χ0) is 16.8. The van der Waals surface area contributed by atoms with Crippen molar-refractivity contribution in [2.24, 2.45) is 11.3 Å². The molecule has 1 fully saturated rings. The maximum atomic E-state index is 12.6. The van der Waals surface area contributed by atoms with Crippen molar-refractivity contribution in [3.63, 3.8) is 0 Å². The molecule has 23 heavy (non-hydrogen) atoms. The first-order valence-electron chi connectivity index (χ1n) is 8.44. The number of nitrogens with one attached hydrogen (secondary N) is 1. The fourth-order valence-corrected chi connectivity index (χ4v) is 2.76. The average molecular weight is 314 g/mol. The maximum absolute atomic E-state index is 12.6. The van der Waals surface area contributed by atoms with E-state index in [2.05, 4.69) is 40.6 Å². The highest BCUT2D eigenvalue weighted by atomic mass is 16.2. The zero-order valence-corrected chi connectivity index (χ0v) is 14.7. The van der Waals surface area contributed by atoms with Gasteiger partial charge in [0.25, 0.3) is 0 Å². The van der Waals surface area contributed by atoms with E-state index >= 15 is 0 Å². The van der Waals surface area contributed by atoms with Crippen LogP contribution in [0.15, 0.2) is 12.1 Å². The molecule has 0 spiro atoms. The molecular formula is C18H26N4O. The number of hydrogen-bond acceptors (Lipinski definition) is 3. The molecule has 2 aromatic rings. The molecule has 0 radical (unpaired) electrons. The van der Waals surface area contributed by atoms with Gasteiger partial charge in [0.2, 0.25) is 11.9 Å². The lowest BCUT2D eigenvalue weighted by Gasteiger charge is -2.30. The number of imidazole rings is 1. The standard InChI is InChI=1S/C18H26N4O/c1-11-9-10-14-15(19-11)22(13-7-6-8-13)17(20-14)21-16(23)12(2)18(3,4)5/h9-10,12-13H,6-8H2,1-5H3,(H,20,21,23)/t12-/m0/s1. The Morgan fingerprint density at radius 2 is 2.00 bits per heavy atom.